The molecule has 0 aromatic carbocycles. The Hall–Kier alpha value is -1.59. The fourth-order valence-electron chi connectivity index (χ4n) is 3.29. The maximum atomic E-state index is 12.5. The van der Waals surface area contributed by atoms with Crippen LogP contribution in [0.4, 0.5) is 0 Å². The van der Waals surface area contributed by atoms with Crippen molar-refractivity contribution in [2.75, 3.05) is 26.2 Å². The number of hydrogen-bond donors (Lipinski definition) is 0. The zero-order chi connectivity index (χ0) is 15.6. The zero-order valence-corrected chi connectivity index (χ0v) is 13.2. The van der Waals surface area contributed by atoms with Gasteiger partial charge < -0.3 is 14.7 Å². The molecule has 0 aliphatic carbocycles. The van der Waals surface area contributed by atoms with E-state index in [4.69, 9.17) is 0 Å². The van der Waals surface area contributed by atoms with Gasteiger partial charge in [0.05, 0.1) is 0 Å². The summed E-state index contributed by atoms with van der Waals surface area (Å²) in [5.41, 5.74) is 0. The highest BCUT2D eigenvalue weighted by Gasteiger charge is 2.36. The highest BCUT2D eigenvalue weighted by molar-refractivity contribution is 6.35. The molecule has 0 bridgehead atoms. The molecule has 0 saturated carbocycles. The van der Waals surface area contributed by atoms with Crippen LogP contribution in [-0.2, 0) is 14.4 Å². The highest BCUT2D eigenvalue weighted by Crippen LogP contribution is 2.23. The maximum Gasteiger partial charge on any atom is 0.312 e. The smallest absolute Gasteiger partial charge is 0.312 e. The molecule has 0 aromatic rings. The lowest BCUT2D eigenvalue weighted by Crippen LogP contribution is -2.57. The van der Waals surface area contributed by atoms with Crippen LogP contribution in [0.2, 0.25) is 0 Å². The van der Waals surface area contributed by atoms with Crippen LogP contribution in [0.3, 0.4) is 0 Å². The van der Waals surface area contributed by atoms with Gasteiger partial charge in [-0.1, -0.05) is 0 Å². The molecule has 118 valence electrons. The van der Waals surface area contributed by atoms with Crippen molar-refractivity contribution < 1.29 is 14.4 Å². The lowest BCUT2D eigenvalue weighted by Gasteiger charge is -2.40. The second kappa shape index (κ2) is 6.45. The minimum Gasteiger partial charge on any atom is -0.339 e. The van der Waals surface area contributed by atoms with Crippen LogP contribution in [0.1, 0.15) is 40.0 Å². The normalized spacial score (nSPS) is 26.7. The second-order valence-electron chi connectivity index (χ2n) is 6.14. The number of nitrogens with zero attached hydrogens (tertiary/aromatic N) is 3. The maximum absolute atomic E-state index is 12.5. The van der Waals surface area contributed by atoms with E-state index < -0.39 is 5.91 Å². The number of hydrogen-bond acceptors (Lipinski definition) is 3. The average Bonchev–Trinajstić information content (AvgIpc) is 2.46. The number of rotatable bonds is 0. The molecular weight excluding hydrogens is 270 g/mol. The van der Waals surface area contributed by atoms with Gasteiger partial charge in [0.25, 0.3) is 0 Å². The molecule has 2 atom stereocenters. The van der Waals surface area contributed by atoms with E-state index in [-0.39, 0.29) is 23.9 Å². The third kappa shape index (κ3) is 3.36. The molecule has 2 heterocycles. The van der Waals surface area contributed by atoms with Gasteiger partial charge in [0, 0.05) is 45.2 Å². The lowest BCUT2D eigenvalue weighted by molar-refractivity contribution is -0.157. The van der Waals surface area contributed by atoms with Gasteiger partial charge >= 0.3 is 11.8 Å². The fraction of sp³-hybridized carbons (Fsp3) is 0.800. The van der Waals surface area contributed by atoms with Crippen molar-refractivity contribution in [2.45, 2.75) is 52.1 Å². The predicted molar refractivity (Wildman–Crippen MR) is 78.5 cm³/mol. The Bertz CT molecular complexity index is 420. The molecule has 2 saturated heterocycles. The van der Waals surface area contributed by atoms with Gasteiger partial charge in [0.1, 0.15) is 0 Å². The van der Waals surface area contributed by atoms with Crippen LogP contribution >= 0.6 is 0 Å². The zero-order valence-electron chi connectivity index (χ0n) is 13.2. The van der Waals surface area contributed by atoms with E-state index in [0.717, 1.165) is 19.3 Å². The molecule has 0 spiro atoms. The molecule has 3 amide bonds. The summed E-state index contributed by atoms with van der Waals surface area (Å²) in [5, 5.41) is 0. The van der Waals surface area contributed by atoms with Crippen LogP contribution < -0.4 is 0 Å². The minimum absolute atomic E-state index is 0.0201. The molecule has 6 heteroatoms. The van der Waals surface area contributed by atoms with Crippen molar-refractivity contribution in [3.63, 3.8) is 0 Å². The fourth-order valence-corrected chi connectivity index (χ4v) is 3.29. The van der Waals surface area contributed by atoms with Crippen molar-refractivity contribution in [1.82, 2.24) is 14.7 Å². The number of carbonyl (C=O) groups excluding carboxylic acids is 3. The number of piperidine rings is 1. The first kappa shape index (κ1) is 15.8. The van der Waals surface area contributed by atoms with Crippen LogP contribution in [0.15, 0.2) is 0 Å². The Labute approximate surface area is 126 Å². The Morgan fingerprint density at radius 3 is 1.76 bits per heavy atom. The van der Waals surface area contributed by atoms with E-state index in [0.29, 0.717) is 26.2 Å². The molecular formula is C15H25N3O3. The van der Waals surface area contributed by atoms with Gasteiger partial charge in [-0.2, -0.15) is 0 Å². The summed E-state index contributed by atoms with van der Waals surface area (Å²) in [5.74, 6) is -0.781. The molecule has 21 heavy (non-hydrogen) atoms. The molecule has 0 aromatic heterocycles. The van der Waals surface area contributed by atoms with Crippen molar-refractivity contribution in [2.24, 2.45) is 0 Å². The molecule has 2 unspecified atom stereocenters. The Morgan fingerprint density at radius 2 is 1.29 bits per heavy atom. The standard InChI is InChI=1S/C15H25N3O3/c1-11-5-4-6-12(2)18(11)15(21)14(20)17-9-7-16(8-10-17)13(3)19/h11-12H,4-10H2,1-3H3. The predicted octanol–water partition coefficient (Wildman–Crippen LogP) is 0.467. The van der Waals surface area contributed by atoms with Crippen LogP contribution in [0.5, 0.6) is 0 Å². The SMILES string of the molecule is CC(=O)N1CCN(C(=O)C(=O)N2C(C)CCCC2C)CC1. The van der Waals surface area contributed by atoms with Crippen LogP contribution in [0.25, 0.3) is 0 Å². The first-order chi connectivity index (χ1) is 9.91. The van der Waals surface area contributed by atoms with E-state index in [1.54, 1.807) is 14.7 Å². The van der Waals surface area contributed by atoms with Crippen LogP contribution in [0, 0.1) is 0 Å². The van der Waals surface area contributed by atoms with Gasteiger partial charge in [-0.05, 0) is 33.1 Å². The summed E-state index contributed by atoms with van der Waals surface area (Å²) in [6.07, 6.45) is 3.03. The van der Waals surface area contributed by atoms with E-state index in [2.05, 4.69) is 0 Å². The summed E-state index contributed by atoms with van der Waals surface area (Å²) >= 11 is 0. The number of piperazine rings is 1. The van der Waals surface area contributed by atoms with E-state index in [1.165, 1.54) is 6.92 Å². The topological polar surface area (TPSA) is 60.9 Å². The summed E-state index contributed by atoms with van der Waals surface area (Å²) in [7, 11) is 0. The molecule has 2 aliphatic rings. The summed E-state index contributed by atoms with van der Waals surface area (Å²) in [4.78, 5) is 41.2. The Kier molecular flexibility index (Phi) is 4.85. The van der Waals surface area contributed by atoms with Crippen molar-refractivity contribution >= 4 is 17.7 Å². The summed E-state index contributed by atoms with van der Waals surface area (Å²) in [6.45, 7) is 7.46. The lowest BCUT2D eigenvalue weighted by atomic mass is 9.97. The second-order valence-corrected chi connectivity index (χ2v) is 6.14. The minimum atomic E-state index is -0.418. The molecule has 2 aliphatic heterocycles. The molecule has 2 fully saturated rings. The molecule has 2 rings (SSSR count). The third-order valence-corrected chi connectivity index (χ3v) is 4.62. The first-order valence-corrected chi connectivity index (χ1v) is 7.79. The van der Waals surface area contributed by atoms with Gasteiger partial charge in [-0.3, -0.25) is 14.4 Å². The van der Waals surface area contributed by atoms with Gasteiger partial charge in [-0.15, -0.1) is 0 Å². The number of carbonyl (C=O) groups is 3. The Balaban J connectivity index is 1.97. The average molecular weight is 295 g/mol. The first-order valence-electron chi connectivity index (χ1n) is 7.79. The van der Waals surface area contributed by atoms with Gasteiger partial charge in [-0.25, -0.2) is 0 Å². The van der Waals surface area contributed by atoms with E-state index >= 15 is 0 Å². The van der Waals surface area contributed by atoms with E-state index in [1.807, 2.05) is 13.8 Å². The molecule has 6 nitrogen and oxygen atoms in total. The van der Waals surface area contributed by atoms with Crippen molar-refractivity contribution in [3.05, 3.63) is 0 Å². The third-order valence-electron chi connectivity index (χ3n) is 4.62. The van der Waals surface area contributed by atoms with Crippen molar-refractivity contribution in [3.8, 4) is 0 Å². The quantitative estimate of drug-likeness (QED) is 0.610. The Morgan fingerprint density at radius 1 is 0.810 bits per heavy atom. The van der Waals surface area contributed by atoms with E-state index in [9.17, 15) is 14.4 Å². The van der Waals surface area contributed by atoms with Gasteiger partial charge in [0.2, 0.25) is 5.91 Å². The number of likely N-dealkylation sites (tertiary alicyclic amines) is 1. The summed E-state index contributed by atoms with van der Waals surface area (Å²) in [6, 6.07) is 0.257. The van der Waals surface area contributed by atoms with Crippen LogP contribution in [-0.4, -0.2) is 70.7 Å². The number of amides is 3. The molecule has 0 N–H and O–H groups in total. The largest absolute Gasteiger partial charge is 0.339 e. The van der Waals surface area contributed by atoms with Gasteiger partial charge in [0.15, 0.2) is 0 Å². The molecule has 0 radical (unpaired) electrons. The van der Waals surface area contributed by atoms with Crippen molar-refractivity contribution in [1.29, 1.82) is 0 Å². The highest BCUT2D eigenvalue weighted by atomic mass is 16.2. The summed E-state index contributed by atoms with van der Waals surface area (Å²) < 4.78 is 0. The monoisotopic (exact) mass is 295 g/mol.